The topological polar surface area (TPSA) is 168 Å². The van der Waals surface area contributed by atoms with Crippen molar-refractivity contribution in [3.8, 4) is 23.0 Å². The van der Waals surface area contributed by atoms with E-state index in [9.17, 15) is 19.7 Å². The van der Waals surface area contributed by atoms with E-state index in [2.05, 4.69) is 25.4 Å². The molecule has 12 nitrogen and oxygen atoms in total. The quantitative estimate of drug-likeness (QED) is 0.273. The zero-order chi connectivity index (χ0) is 28.8. The number of aryl methyl sites for hydroxylation is 2. The predicted octanol–water partition coefficient (Wildman–Crippen LogP) is 2.55. The Labute approximate surface area is 236 Å². The third-order valence-corrected chi connectivity index (χ3v) is 8.14. The van der Waals surface area contributed by atoms with Crippen molar-refractivity contribution in [1.29, 1.82) is 5.26 Å². The average Bonchev–Trinajstić information content (AvgIpc) is 3.70. The summed E-state index contributed by atoms with van der Waals surface area (Å²) >= 11 is 1.54. The monoisotopic (exact) mass is 576 g/mol. The fraction of sp³-hybridized carbons (Fsp3) is 0.333. The van der Waals surface area contributed by atoms with Gasteiger partial charge in [0, 0.05) is 12.2 Å². The molecule has 4 heterocycles. The molecule has 6 rings (SSSR count). The maximum absolute atomic E-state index is 14.4. The van der Waals surface area contributed by atoms with Crippen molar-refractivity contribution in [3.63, 3.8) is 0 Å². The molecule has 210 valence electrons. The Morgan fingerprint density at radius 1 is 1.17 bits per heavy atom. The van der Waals surface area contributed by atoms with Crippen molar-refractivity contribution in [1.82, 2.24) is 34.7 Å². The Hall–Kier alpha value is -4.13. The fourth-order valence-corrected chi connectivity index (χ4v) is 6.10. The first-order valence-electron chi connectivity index (χ1n) is 12.8. The van der Waals surface area contributed by atoms with Crippen LogP contribution in [0.25, 0.3) is 27.2 Å². The van der Waals surface area contributed by atoms with E-state index >= 15 is 0 Å². The van der Waals surface area contributed by atoms with Gasteiger partial charge in [-0.05, 0) is 56.2 Å². The smallest absolute Gasteiger partial charge is 0.163 e. The molecule has 1 fully saturated rings. The molecule has 0 unspecified atom stereocenters. The highest BCUT2D eigenvalue weighted by Gasteiger charge is 2.48. The van der Waals surface area contributed by atoms with Crippen LogP contribution in [0.3, 0.4) is 0 Å². The predicted molar refractivity (Wildman–Crippen MR) is 145 cm³/mol. The number of halogens is 1. The summed E-state index contributed by atoms with van der Waals surface area (Å²) in [6, 6.07) is 9.04. The van der Waals surface area contributed by atoms with Crippen LogP contribution in [0.1, 0.15) is 40.5 Å². The molecule has 0 amide bonds. The molecule has 0 aliphatic carbocycles. The highest BCUT2D eigenvalue weighted by molar-refractivity contribution is 7.18. The van der Waals surface area contributed by atoms with Crippen LogP contribution in [0.2, 0.25) is 0 Å². The summed E-state index contributed by atoms with van der Waals surface area (Å²) in [6.45, 7) is 3.38. The minimum atomic E-state index is -1.36. The van der Waals surface area contributed by atoms with Crippen LogP contribution in [0, 0.1) is 31.0 Å². The van der Waals surface area contributed by atoms with E-state index in [-0.39, 0.29) is 18.6 Å². The Morgan fingerprint density at radius 3 is 2.78 bits per heavy atom. The number of fused-ring (bicyclic) bond motifs is 1. The van der Waals surface area contributed by atoms with Gasteiger partial charge in [0.25, 0.3) is 0 Å². The summed E-state index contributed by atoms with van der Waals surface area (Å²) in [6.07, 6.45) is -1.62. The van der Waals surface area contributed by atoms with Crippen LogP contribution in [0.4, 0.5) is 4.39 Å². The standard InChI is InChI=1S/C27H25FN8O4S/c1-13-7-15(10-29)18(28)9-17(13)20-11-35(34-33-20)23-24(38)21(5-6-37)40-26(25(23)39)27-30-12-31-36(27)16-3-4-19-22(8-16)41-14(2)32-19/h3-4,7-9,11-12,21,23-26,37-39H,5-6H2,1-2H3/t21-,23+,24+,25-,26-/m1/s1. The number of hydrogen-bond acceptors (Lipinski definition) is 11. The highest BCUT2D eigenvalue weighted by atomic mass is 32.1. The number of thiazole rings is 1. The Morgan fingerprint density at radius 2 is 2.00 bits per heavy atom. The Bertz CT molecular complexity index is 1780. The Balaban J connectivity index is 1.37. The molecule has 41 heavy (non-hydrogen) atoms. The molecular formula is C27H25FN8O4S. The highest BCUT2D eigenvalue weighted by Crippen LogP contribution is 2.39. The lowest BCUT2D eigenvalue weighted by Gasteiger charge is -2.42. The second-order valence-electron chi connectivity index (χ2n) is 9.84. The summed E-state index contributed by atoms with van der Waals surface area (Å²) in [5.74, 6) is -0.397. The van der Waals surface area contributed by atoms with Crippen LogP contribution >= 0.6 is 11.3 Å². The third kappa shape index (κ3) is 4.77. The molecule has 1 aliphatic rings. The van der Waals surface area contributed by atoms with E-state index in [0.717, 1.165) is 15.2 Å². The summed E-state index contributed by atoms with van der Waals surface area (Å²) in [5, 5.41) is 55.2. The molecule has 3 aromatic heterocycles. The molecule has 2 aromatic carbocycles. The van der Waals surface area contributed by atoms with E-state index in [1.54, 1.807) is 22.9 Å². The lowest BCUT2D eigenvalue weighted by Crippen LogP contribution is -2.52. The van der Waals surface area contributed by atoms with Gasteiger partial charge in [0.1, 0.15) is 48.3 Å². The van der Waals surface area contributed by atoms with Crippen molar-refractivity contribution in [2.45, 2.75) is 50.7 Å². The molecule has 1 saturated heterocycles. The number of aromatic nitrogens is 7. The molecule has 0 bridgehead atoms. The first-order valence-corrected chi connectivity index (χ1v) is 13.6. The summed E-state index contributed by atoms with van der Waals surface area (Å²) < 4.78 is 24.3. The minimum absolute atomic E-state index is 0.0858. The largest absolute Gasteiger partial charge is 0.396 e. The van der Waals surface area contributed by atoms with E-state index in [1.165, 1.54) is 29.3 Å². The maximum atomic E-state index is 14.4. The number of rotatable bonds is 6. The summed E-state index contributed by atoms with van der Waals surface area (Å²) in [7, 11) is 0. The molecule has 5 atom stereocenters. The first-order chi connectivity index (χ1) is 19.8. The zero-order valence-corrected chi connectivity index (χ0v) is 22.8. The zero-order valence-electron chi connectivity index (χ0n) is 22.0. The van der Waals surface area contributed by atoms with Gasteiger partial charge in [-0.2, -0.15) is 10.4 Å². The maximum Gasteiger partial charge on any atom is 0.163 e. The number of aliphatic hydroxyl groups is 3. The lowest BCUT2D eigenvalue weighted by atomic mass is 9.90. The lowest BCUT2D eigenvalue weighted by molar-refractivity contribution is -0.205. The second kappa shape index (κ2) is 10.7. The van der Waals surface area contributed by atoms with Crippen molar-refractivity contribution in [2.75, 3.05) is 6.61 Å². The minimum Gasteiger partial charge on any atom is -0.396 e. The van der Waals surface area contributed by atoms with Crippen molar-refractivity contribution in [2.24, 2.45) is 0 Å². The van der Waals surface area contributed by atoms with Gasteiger partial charge in [-0.3, -0.25) is 0 Å². The van der Waals surface area contributed by atoms with Crippen LogP contribution in [0.5, 0.6) is 0 Å². The van der Waals surface area contributed by atoms with E-state index in [0.29, 0.717) is 28.3 Å². The van der Waals surface area contributed by atoms with Gasteiger partial charge in [0.2, 0.25) is 0 Å². The van der Waals surface area contributed by atoms with Gasteiger partial charge in [0.15, 0.2) is 5.82 Å². The molecule has 0 spiro atoms. The normalized spacial score (nSPS) is 22.7. The van der Waals surface area contributed by atoms with Crippen LogP contribution in [0.15, 0.2) is 42.9 Å². The van der Waals surface area contributed by atoms with Gasteiger partial charge < -0.3 is 20.1 Å². The second-order valence-corrected chi connectivity index (χ2v) is 11.1. The molecule has 1 aliphatic heterocycles. The van der Waals surface area contributed by atoms with Crippen molar-refractivity contribution >= 4 is 21.6 Å². The van der Waals surface area contributed by atoms with Gasteiger partial charge in [0.05, 0.1) is 38.8 Å². The number of aliphatic hydroxyl groups excluding tert-OH is 3. The van der Waals surface area contributed by atoms with Crippen LogP contribution < -0.4 is 0 Å². The molecule has 14 heteroatoms. The van der Waals surface area contributed by atoms with Crippen molar-refractivity contribution < 1.29 is 24.4 Å². The number of benzene rings is 2. The van der Waals surface area contributed by atoms with Gasteiger partial charge in [-0.15, -0.1) is 16.4 Å². The molecule has 0 radical (unpaired) electrons. The SMILES string of the molecule is Cc1nc2ccc(-n3ncnc3[C@@H]3O[C@H](CCO)[C@H](O)[C@H](n4cc(-c5cc(F)c(C#N)cc5C)nn4)[C@H]3O)cc2s1. The number of hydrogen-bond donors (Lipinski definition) is 3. The van der Waals surface area contributed by atoms with E-state index < -0.39 is 36.3 Å². The fourth-order valence-electron chi connectivity index (χ4n) is 5.24. The molecule has 3 N–H and O–H groups in total. The first kappa shape index (κ1) is 27.1. The van der Waals surface area contributed by atoms with Gasteiger partial charge in [-0.25, -0.2) is 23.7 Å². The number of nitrogens with zero attached hydrogens (tertiary/aromatic N) is 8. The number of nitriles is 1. The molecule has 0 saturated carbocycles. The van der Waals surface area contributed by atoms with Crippen LogP contribution in [-0.4, -0.2) is 75.0 Å². The summed E-state index contributed by atoms with van der Waals surface area (Å²) in [4.78, 5) is 8.88. The third-order valence-electron chi connectivity index (χ3n) is 7.20. The van der Waals surface area contributed by atoms with Gasteiger partial charge >= 0.3 is 0 Å². The van der Waals surface area contributed by atoms with E-state index in [1.807, 2.05) is 31.2 Å². The number of ether oxygens (including phenoxy) is 1. The summed E-state index contributed by atoms with van der Waals surface area (Å²) in [5.41, 5.74) is 2.78. The molecular weight excluding hydrogens is 551 g/mol. The van der Waals surface area contributed by atoms with Gasteiger partial charge in [-0.1, -0.05) is 5.21 Å². The molecule has 5 aromatic rings. The van der Waals surface area contributed by atoms with Crippen molar-refractivity contribution in [3.05, 3.63) is 70.6 Å². The van der Waals surface area contributed by atoms with E-state index in [4.69, 9.17) is 10.00 Å². The van der Waals surface area contributed by atoms with Crippen LogP contribution in [-0.2, 0) is 4.74 Å². The Kier molecular flexibility index (Phi) is 7.06. The average molecular weight is 577 g/mol.